The van der Waals surface area contributed by atoms with Crippen molar-refractivity contribution in [3.63, 3.8) is 0 Å². The normalized spacial score (nSPS) is 17.0. The van der Waals surface area contributed by atoms with Crippen molar-refractivity contribution in [3.8, 4) is 11.5 Å². The monoisotopic (exact) mass is 292 g/mol. The van der Waals surface area contributed by atoms with Gasteiger partial charge in [-0.15, -0.1) is 0 Å². The standard InChI is InChI=1S/C16H24N2O3/c1-16(17,12-5-6-12)15(19)18-9-8-11-4-7-13(20-2)14(10-11)21-3/h4,7,10,12H,5-6,8-9,17H2,1-3H3,(H,18,19). The first-order valence-electron chi connectivity index (χ1n) is 7.27. The summed E-state index contributed by atoms with van der Waals surface area (Å²) in [5.41, 5.74) is 6.42. The quantitative estimate of drug-likeness (QED) is 0.798. The van der Waals surface area contributed by atoms with Gasteiger partial charge >= 0.3 is 0 Å². The minimum absolute atomic E-state index is 0.0644. The number of nitrogens with one attached hydrogen (secondary N) is 1. The maximum absolute atomic E-state index is 12.1. The number of rotatable bonds is 7. The maximum atomic E-state index is 12.1. The first-order chi connectivity index (χ1) is 9.98. The van der Waals surface area contributed by atoms with Crippen LogP contribution >= 0.6 is 0 Å². The Kier molecular flexibility index (Phi) is 4.73. The summed E-state index contributed by atoms with van der Waals surface area (Å²) in [7, 11) is 3.22. The number of carbonyl (C=O) groups excluding carboxylic acids is 1. The molecule has 1 atom stereocenters. The molecule has 1 saturated carbocycles. The molecule has 0 aromatic heterocycles. The molecule has 3 N–H and O–H groups in total. The van der Waals surface area contributed by atoms with Gasteiger partial charge in [-0.25, -0.2) is 0 Å². The Labute approximate surface area is 125 Å². The number of amides is 1. The third-order valence-electron chi connectivity index (χ3n) is 4.06. The average molecular weight is 292 g/mol. The van der Waals surface area contributed by atoms with Crippen LogP contribution in [0.1, 0.15) is 25.3 Å². The lowest BCUT2D eigenvalue weighted by atomic mass is 9.96. The fraction of sp³-hybridized carbons (Fsp3) is 0.562. The van der Waals surface area contributed by atoms with E-state index in [2.05, 4.69) is 5.32 Å². The molecule has 0 spiro atoms. The molecule has 1 aliphatic rings. The Hall–Kier alpha value is -1.75. The van der Waals surface area contributed by atoms with E-state index in [-0.39, 0.29) is 5.91 Å². The Bertz CT molecular complexity index is 510. The largest absolute Gasteiger partial charge is 0.493 e. The molecule has 0 radical (unpaired) electrons. The SMILES string of the molecule is COc1ccc(CCNC(=O)C(C)(N)C2CC2)cc1OC. The maximum Gasteiger partial charge on any atom is 0.240 e. The van der Waals surface area contributed by atoms with Gasteiger partial charge in [-0.2, -0.15) is 0 Å². The van der Waals surface area contributed by atoms with Gasteiger partial charge < -0.3 is 20.5 Å². The highest BCUT2D eigenvalue weighted by Gasteiger charge is 2.43. The van der Waals surface area contributed by atoms with Crippen molar-refractivity contribution < 1.29 is 14.3 Å². The van der Waals surface area contributed by atoms with Crippen molar-refractivity contribution in [2.24, 2.45) is 11.7 Å². The third-order valence-corrected chi connectivity index (χ3v) is 4.06. The van der Waals surface area contributed by atoms with E-state index in [4.69, 9.17) is 15.2 Å². The number of nitrogens with two attached hydrogens (primary N) is 1. The molecule has 116 valence electrons. The topological polar surface area (TPSA) is 73.6 Å². The second kappa shape index (κ2) is 6.35. The third kappa shape index (κ3) is 3.67. The first-order valence-corrected chi connectivity index (χ1v) is 7.27. The Balaban J connectivity index is 1.87. The van der Waals surface area contributed by atoms with Crippen LogP contribution in [0.3, 0.4) is 0 Å². The Morgan fingerprint density at radius 2 is 2.00 bits per heavy atom. The van der Waals surface area contributed by atoms with Crippen LogP contribution in [0.25, 0.3) is 0 Å². The van der Waals surface area contributed by atoms with Crippen molar-refractivity contribution >= 4 is 5.91 Å². The van der Waals surface area contributed by atoms with E-state index in [0.29, 0.717) is 24.0 Å². The number of benzene rings is 1. The van der Waals surface area contributed by atoms with E-state index in [9.17, 15) is 4.79 Å². The van der Waals surface area contributed by atoms with Crippen molar-refractivity contribution in [2.75, 3.05) is 20.8 Å². The van der Waals surface area contributed by atoms with Crippen LogP contribution in [0.15, 0.2) is 18.2 Å². The van der Waals surface area contributed by atoms with E-state index >= 15 is 0 Å². The van der Waals surface area contributed by atoms with Gasteiger partial charge in [-0.05, 0) is 49.8 Å². The zero-order valence-corrected chi connectivity index (χ0v) is 12.9. The summed E-state index contributed by atoms with van der Waals surface area (Å²) in [6, 6.07) is 5.76. The average Bonchev–Trinajstić information content (AvgIpc) is 3.31. The molecule has 0 saturated heterocycles. The molecule has 0 bridgehead atoms. The van der Waals surface area contributed by atoms with Gasteiger partial charge in [0, 0.05) is 6.54 Å². The van der Waals surface area contributed by atoms with E-state index < -0.39 is 5.54 Å². The molecule has 1 aromatic carbocycles. The van der Waals surface area contributed by atoms with Gasteiger partial charge in [-0.1, -0.05) is 6.07 Å². The van der Waals surface area contributed by atoms with Gasteiger partial charge in [-0.3, -0.25) is 4.79 Å². The fourth-order valence-electron chi connectivity index (χ4n) is 2.42. The Morgan fingerprint density at radius 1 is 1.33 bits per heavy atom. The van der Waals surface area contributed by atoms with Crippen LogP contribution in [0, 0.1) is 5.92 Å². The number of methoxy groups -OCH3 is 2. The minimum Gasteiger partial charge on any atom is -0.493 e. The van der Waals surface area contributed by atoms with Crippen LogP contribution in [0.4, 0.5) is 0 Å². The lowest BCUT2D eigenvalue weighted by Crippen LogP contribution is -2.53. The fourth-order valence-corrected chi connectivity index (χ4v) is 2.42. The zero-order chi connectivity index (χ0) is 15.5. The predicted molar refractivity (Wildman–Crippen MR) is 81.6 cm³/mol. The summed E-state index contributed by atoms with van der Waals surface area (Å²) in [6.07, 6.45) is 2.83. The second-order valence-corrected chi connectivity index (χ2v) is 5.75. The van der Waals surface area contributed by atoms with Crippen molar-refractivity contribution in [1.82, 2.24) is 5.32 Å². The number of carbonyl (C=O) groups is 1. The summed E-state index contributed by atoms with van der Waals surface area (Å²) in [6.45, 7) is 2.38. The molecule has 0 aliphatic heterocycles. The highest BCUT2D eigenvalue weighted by molar-refractivity contribution is 5.86. The highest BCUT2D eigenvalue weighted by Crippen LogP contribution is 2.38. The summed E-state index contributed by atoms with van der Waals surface area (Å²) < 4.78 is 10.5. The molecule has 0 heterocycles. The summed E-state index contributed by atoms with van der Waals surface area (Å²) in [5, 5.41) is 2.92. The van der Waals surface area contributed by atoms with Gasteiger partial charge in [0.2, 0.25) is 5.91 Å². The molecule has 1 fully saturated rings. The summed E-state index contributed by atoms with van der Waals surface area (Å²) in [5.74, 6) is 1.67. The summed E-state index contributed by atoms with van der Waals surface area (Å²) >= 11 is 0. The van der Waals surface area contributed by atoms with Gasteiger partial charge in [0.1, 0.15) is 0 Å². The lowest BCUT2D eigenvalue weighted by Gasteiger charge is -2.23. The van der Waals surface area contributed by atoms with Crippen LogP contribution in [-0.2, 0) is 11.2 Å². The molecule has 1 aliphatic carbocycles. The number of hydrogen-bond acceptors (Lipinski definition) is 4. The van der Waals surface area contributed by atoms with E-state index in [1.54, 1.807) is 14.2 Å². The summed E-state index contributed by atoms with van der Waals surface area (Å²) in [4.78, 5) is 12.1. The smallest absolute Gasteiger partial charge is 0.240 e. The second-order valence-electron chi connectivity index (χ2n) is 5.75. The van der Waals surface area contributed by atoms with E-state index in [0.717, 1.165) is 24.8 Å². The van der Waals surface area contributed by atoms with Crippen molar-refractivity contribution in [1.29, 1.82) is 0 Å². The number of ether oxygens (including phenoxy) is 2. The van der Waals surface area contributed by atoms with Crippen molar-refractivity contribution in [3.05, 3.63) is 23.8 Å². The van der Waals surface area contributed by atoms with Crippen LogP contribution in [0.2, 0.25) is 0 Å². The molecule has 1 aromatic rings. The van der Waals surface area contributed by atoms with Crippen molar-refractivity contribution in [2.45, 2.75) is 31.7 Å². The molecular formula is C16H24N2O3. The van der Waals surface area contributed by atoms with Crippen LogP contribution in [0.5, 0.6) is 11.5 Å². The first kappa shape index (κ1) is 15.6. The zero-order valence-electron chi connectivity index (χ0n) is 12.9. The molecule has 5 heteroatoms. The molecular weight excluding hydrogens is 268 g/mol. The Morgan fingerprint density at radius 3 is 2.57 bits per heavy atom. The highest BCUT2D eigenvalue weighted by atomic mass is 16.5. The van der Waals surface area contributed by atoms with Crippen LogP contribution in [-0.4, -0.2) is 32.2 Å². The molecule has 5 nitrogen and oxygen atoms in total. The van der Waals surface area contributed by atoms with Gasteiger partial charge in [0.25, 0.3) is 0 Å². The number of hydrogen-bond donors (Lipinski definition) is 2. The molecule has 1 unspecified atom stereocenters. The van der Waals surface area contributed by atoms with Gasteiger partial charge in [0.15, 0.2) is 11.5 Å². The van der Waals surface area contributed by atoms with E-state index in [1.807, 2.05) is 25.1 Å². The molecule has 21 heavy (non-hydrogen) atoms. The van der Waals surface area contributed by atoms with Gasteiger partial charge in [0.05, 0.1) is 19.8 Å². The minimum atomic E-state index is -0.738. The van der Waals surface area contributed by atoms with E-state index in [1.165, 1.54) is 0 Å². The predicted octanol–water partition coefficient (Wildman–Crippen LogP) is 1.49. The molecule has 2 rings (SSSR count). The van der Waals surface area contributed by atoms with Crippen LogP contribution < -0.4 is 20.5 Å². The lowest BCUT2D eigenvalue weighted by molar-refractivity contribution is -0.126. The molecule has 1 amide bonds.